The van der Waals surface area contributed by atoms with Crippen LogP contribution in [0.1, 0.15) is 65.5 Å². The van der Waals surface area contributed by atoms with Gasteiger partial charge in [0.2, 0.25) is 0 Å². The number of nitrogens with zero attached hydrogens (tertiary/aromatic N) is 1. The summed E-state index contributed by atoms with van der Waals surface area (Å²) in [5.74, 6) is -2.41. The second-order valence-corrected chi connectivity index (χ2v) is 16.2. The summed E-state index contributed by atoms with van der Waals surface area (Å²) in [7, 11) is 4.39. The fourth-order valence-electron chi connectivity index (χ4n) is 6.82. The molecule has 12 nitrogen and oxygen atoms in total. The third-order valence-electron chi connectivity index (χ3n) is 10.3. The number of carbonyl (C=O) groups excluding carboxylic acids is 2. The van der Waals surface area contributed by atoms with Crippen LogP contribution in [0.15, 0.2) is 120 Å². The number of nitrogens with one attached hydrogen (secondary N) is 3. The van der Waals surface area contributed by atoms with Gasteiger partial charge in [0.15, 0.2) is 11.6 Å². The predicted molar refractivity (Wildman–Crippen MR) is 243 cm³/mol. The lowest BCUT2D eigenvalue weighted by atomic mass is 9.84. The van der Waals surface area contributed by atoms with E-state index in [1.165, 1.54) is 33.1 Å². The van der Waals surface area contributed by atoms with Crippen molar-refractivity contribution in [3.8, 4) is 39.5 Å². The molecule has 0 radical (unpaired) electrons. The topological polar surface area (TPSA) is 159 Å². The van der Waals surface area contributed by atoms with E-state index in [4.69, 9.17) is 19.3 Å². The fraction of sp³-hybridized carbons (Fsp3) is 0.240. The number of H-pyrrole nitrogens is 1. The molecule has 0 aliphatic heterocycles. The summed E-state index contributed by atoms with van der Waals surface area (Å²) in [6, 6.07) is 30.8. The van der Waals surface area contributed by atoms with Crippen molar-refractivity contribution >= 4 is 29.2 Å². The van der Waals surface area contributed by atoms with Gasteiger partial charge in [0.1, 0.15) is 30.4 Å². The predicted octanol–water partition coefficient (Wildman–Crippen LogP) is 9.55. The first-order valence-corrected chi connectivity index (χ1v) is 20.5. The number of carboxylic acids is 1. The van der Waals surface area contributed by atoms with E-state index in [2.05, 4.69) is 36.4 Å². The van der Waals surface area contributed by atoms with Crippen molar-refractivity contribution in [3.63, 3.8) is 0 Å². The molecule has 1 aliphatic rings. The molecule has 0 atom stereocenters. The van der Waals surface area contributed by atoms with Crippen LogP contribution in [0.3, 0.4) is 0 Å². The van der Waals surface area contributed by atoms with E-state index < -0.39 is 30.1 Å². The standard InChI is InChI=1S/C26H29N3O3.C24H21F2NO5/c1-26(2,3)21-14-17(20-6-5-13-27-25(20)31)15-22(23(21)32-4)29-24(30)16-7-9-18(10-8-16)28-19-11-12-19;1-27(13-21(28)29)24(30)17-5-3-4-15(12-17)14-32-18-8-6-16(7-9-18)22-20(31-2)11-10-19(25)23(22)26/h5-10,13-15,19,28H,11-12H2,1-4H3,(H,27,31)(H,29,30);3-12H,13-14H2,1-2H3,(H,28,29). The molecule has 1 saturated carbocycles. The SMILES string of the molecule is COc1c(NC(=O)c2ccc(NC3CC3)cc2)cc(-c2ccc[nH]c2=O)cc1C(C)(C)C.COc1ccc(F)c(F)c1-c1ccc(OCc2cccc(C(=O)N(C)CC(=O)O)c2)cc1. The number of pyridine rings is 1. The van der Waals surface area contributed by atoms with Gasteiger partial charge in [-0.1, -0.05) is 45.0 Å². The molecule has 0 saturated heterocycles. The van der Waals surface area contributed by atoms with Gasteiger partial charge in [0.05, 0.1) is 25.5 Å². The number of carboxylic acid groups (broad SMARTS) is 1. The quantitative estimate of drug-likeness (QED) is 0.0836. The Bertz CT molecular complexity index is 2690. The van der Waals surface area contributed by atoms with Gasteiger partial charge in [-0.2, -0.15) is 0 Å². The third-order valence-corrected chi connectivity index (χ3v) is 10.3. The number of carbonyl (C=O) groups is 3. The number of benzene rings is 5. The Labute approximate surface area is 369 Å². The summed E-state index contributed by atoms with van der Waals surface area (Å²) in [4.78, 5) is 52.4. The highest BCUT2D eigenvalue weighted by molar-refractivity contribution is 6.05. The average molecular weight is 873 g/mol. The largest absolute Gasteiger partial charge is 0.496 e. The van der Waals surface area contributed by atoms with Crippen LogP contribution in [0.4, 0.5) is 20.2 Å². The minimum Gasteiger partial charge on any atom is -0.496 e. The molecule has 5 aromatic carbocycles. The second-order valence-electron chi connectivity index (χ2n) is 16.2. The highest BCUT2D eigenvalue weighted by Gasteiger charge is 2.25. The number of likely N-dealkylation sites (N-methyl/N-ethyl adjacent to an activating group) is 1. The molecule has 2 amide bonds. The van der Waals surface area contributed by atoms with Crippen LogP contribution >= 0.6 is 0 Å². The van der Waals surface area contributed by atoms with Crippen LogP contribution in [-0.4, -0.2) is 66.6 Å². The van der Waals surface area contributed by atoms with Crippen LogP contribution in [0.2, 0.25) is 0 Å². The van der Waals surface area contributed by atoms with Gasteiger partial charge in [-0.3, -0.25) is 19.2 Å². The van der Waals surface area contributed by atoms with E-state index in [1.54, 1.807) is 80.0 Å². The van der Waals surface area contributed by atoms with E-state index in [1.807, 2.05) is 30.3 Å². The zero-order valence-corrected chi connectivity index (χ0v) is 36.4. The van der Waals surface area contributed by atoms with Crippen LogP contribution in [0.25, 0.3) is 22.3 Å². The van der Waals surface area contributed by atoms with Crippen molar-refractivity contribution in [2.45, 2.75) is 51.7 Å². The Kier molecular flexibility index (Phi) is 14.5. The molecule has 4 N–H and O–H groups in total. The molecule has 14 heteroatoms. The molecule has 0 unspecified atom stereocenters. The average Bonchev–Trinajstić information content (AvgIpc) is 4.10. The lowest BCUT2D eigenvalue weighted by molar-refractivity contribution is -0.137. The van der Waals surface area contributed by atoms with Gasteiger partial charge in [-0.15, -0.1) is 0 Å². The first-order valence-electron chi connectivity index (χ1n) is 20.5. The maximum absolute atomic E-state index is 14.3. The lowest BCUT2D eigenvalue weighted by Crippen LogP contribution is -2.31. The smallest absolute Gasteiger partial charge is 0.323 e. The number of hydrogen-bond donors (Lipinski definition) is 4. The van der Waals surface area contributed by atoms with Gasteiger partial charge in [0.25, 0.3) is 17.4 Å². The zero-order valence-electron chi connectivity index (χ0n) is 36.4. The maximum Gasteiger partial charge on any atom is 0.323 e. The number of anilines is 2. The molecule has 64 heavy (non-hydrogen) atoms. The molecule has 1 fully saturated rings. The zero-order chi connectivity index (χ0) is 46.1. The number of amides is 2. The Hall–Kier alpha value is -7.48. The summed E-state index contributed by atoms with van der Waals surface area (Å²) in [5.41, 5.74) is 5.31. The molecule has 6 aromatic rings. The number of methoxy groups -OCH3 is 2. The third kappa shape index (κ3) is 11.5. The van der Waals surface area contributed by atoms with Gasteiger partial charge in [-0.25, -0.2) is 8.78 Å². The number of aromatic amines is 1. The fourth-order valence-corrected chi connectivity index (χ4v) is 6.82. The summed E-state index contributed by atoms with van der Waals surface area (Å²) in [5, 5.41) is 15.3. The highest BCUT2D eigenvalue weighted by atomic mass is 19.2. The summed E-state index contributed by atoms with van der Waals surface area (Å²) >= 11 is 0. The summed E-state index contributed by atoms with van der Waals surface area (Å²) in [6.07, 6.45) is 3.99. The number of aliphatic carboxylic acids is 1. The molecule has 1 aromatic heterocycles. The Balaban J connectivity index is 0.000000213. The van der Waals surface area contributed by atoms with Crippen molar-refractivity contribution in [2.24, 2.45) is 0 Å². The van der Waals surface area contributed by atoms with Crippen molar-refractivity contribution < 1.29 is 42.5 Å². The number of rotatable bonds is 14. The second kappa shape index (κ2) is 20.1. The minimum atomic E-state index is -1.10. The maximum atomic E-state index is 14.3. The Morgan fingerprint density at radius 3 is 2.19 bits per heavy atom. The van der Waals surface area contributed by atoms with Gasteiger partial charge < -0.3 is 39.8 Å². The van der Waals surface area contributed by atoms with Crippen LogP contribution in [0, 0.1) is 11.6 Å². The van der Waals surface area contributed by atoms with Gasteiger partial charge in [-0.05, 0) is 120 Å². The van der Waals surface area contributed by atoms with Crippen molar-refractivity contribution in [2.75, 3.05) is 38.4 Å². The number of halogens is 2. The van der Waals surface area contributed by atoms with E-state index in [-0.39, 0.29) is 34.8 Å². The summed E-state index contributed by atoms with van der Waals surface area (Å²) in [6.45, 7) is 5.96. The molecule has 332 valence electrons. The molecular formula is C50H50F2N4O8. The van der Waals surface area contributed by atoms with E-state index in [9.17, 15) is 28.0 Å². The normalized spacial score (nSPS) is 12.0. The van der Waals surface area contributed by atoms with Crippen LogP contribution in [0.5, 0.6) is 17.2 Å². The lowest BCUT2D eigenvalue weighted by Gasteiger charge is -2.25. The van der Waals surface area contributed by atoms with Gasteiger partial charge >= 0.3 is 5.97 Å². The minimum absolute atomic E-state index is 0.0238. The highest BCUT2D eigenvalue weighted by Crippen LogP contribution is 2.41. The van der Waals surface area contributed by atoms with Crippen molar-refractivity contribution in [3.05, 3.63) is 160 Å². The first kappa shape index (κ1) is 46.0. The number of ether oxygens (including phenoxy) is 3. The number of hydrogen-bond acceptors (Lipinski definition) is 8. The molecule has 1 aliphatic carbocycles. The van der Waals surface area contributed by atoms with Crippen LogP contribution in [-0.2, 0) is 16.8 Å². The molecular weight excluding hydrogens is 823 g/mol. The van der Waals surface area contributed by atoms with E-state index >= 15 is 0 Å². The van der Waals surface area contributed by atoms with Crippen molar-refractivity contribution in [1.29, 1.82) is 0 Å². The molecule has 0 bridgehead atoms. The Morgan fingerprint density at radius 1 is 0.844 bits per heavy atom. The molecule has 7 rings (SSSR count). The number of aromatic nitrogens is 1. The van der Waals surface area contributed by atoms with E-state index in [0.717, 1.165) is 27.8 Å². The molecule has 1 heterocycles. The monoisotopic (exact) mass is 872 g/mol. The van der Waals surface area contributed by atoms with E-state index in [0.29, 0.717) is 51.0 Å². The van der Waals surface area contributed by atoms with Crippen LogP contribution < -0.4 is 30.4 Å². The first-order chi connectivity index (χ1) is 30.6. The van der Waals surface area contributed by atoms with Crippen molar-refractivity contribution in [1.82, 2.24) is 9.88 Å². The van der Waals surface area contributed by atoms with Gasteiger partial charge in [0, 0.05) is 47.2 Å². The molecule has 0 spiro atoms. The Morgan fingerprint density at radius 2 is 1.56 bits per heavy atom. The summed E-state index contributed by atoms with van der Waals surface area (Å²) < 4.78 is 44.5.